The summed E-state index contributed by atoms with van der Waals surface area (Å²) in [5, 5.41) is 19.5. The maximum absolute atomic E-state index is 12.7. The third-order valence-corrected chi connectivity index (χ3v) is 4.43. The first kappa shape index (κ1) is 16.3. The summed E-state index contributed by atoms with van der Waals surface area (Å²) >= 11 is 0. The molecule has 1 aromatic rings. The minimum absolute atomic E-state index is 0.0578. The van der Waals surface area contributed by atoms with E-state index in [2.05, 4.69) is 0 Å². The molecule has 0 spiro atoms. The fourth-order valence-electron chi connectivity index (χ4n) is 3.26. The molecule has 0 aliphatic carbocycles. The van der Waals surface area contributed by atoms with E-state index in [0.29, 0.717) is 25.8 Å². The minimum Gasteiger partial charge on any atom is -0.507 e. The number of aromatic hydroxyl groups is 1. The molecule has 120 valence electrons. The number of likely N-dealkylation sites (tertiary alicyclic amines) is 1. The maximum Gasteiger partial charge on any atom is 0.311 e. The molecular weight excluding hydrogens is 282 g/mol. The van der Waals surface area contributed by atoms with Gasteiger partial charge in [-0.15, -0.1) is 0 Å². The lowest BCUT2D eigenvalue weighted by atomic mass is 9.76. The summed E-state index contributed by atoms with van der Waals surface area (Å²) < 4.78 is 0. The van der Waals surface area contributed by atoms with Crippen LogP contribution in [0.25, 0.3) is 0 Å². The van der Waals surface area contributed by atoms with Crippen molar-refractivity contribution < 1.29 is 19.8 Å². The van der Waals surface area contributed by atoms with Gasteiger partial charge in [-0.1, -0.05) is 25.0 Å². The van der Waals surface area contributed by atoms with Gasteiger partial charge in [0, 0.05) is 13.1 Å². The highest BCUT2D eigenvalue weighted by molar-refractivity contribution is 5.97. The van der Waals surface area contributed by atoms with Gasteiger partial charge < -0.3 is 15.1 Å². The number of amides is 1. The highest BCUT2D eigenvalue weighted by Crippen LogP contribution is 2.36. The first-order valence-electron chi connectivity index (χ1n) is 7.72. The molecule has 0 saturated carbocycles. The van der Waals surface area contributed by atoms with Crippen LogP contribution in [0.2, 0.25) is 0 Å². The predicted octanol–water partition coefficient (Wildman–Crippen LogP) is 2.81. The first-order valence-corrected chi connectivity index (χ1v) is 7.72. The van der Waals surface area contributed by atoms with Gasteiger partial charge in [0.05, 0.1) is 11.0 Å². The predicted molar refractivity (Wildman–Crippen MR) is 83.0 cm³/mol. The van der Waals surface area contributed by atoms with Crippen LogP contribution in [0.4, 0.5) is 0 Å². The molecule has 1 aromatic carbocycles. The van der Waals surface area contributed by atoms with E-state index in [-0.39, 0.29) is 23.8 Å². The molecule has 1 atom stereocenters. The maximum atomic E-state index is 12.7. The molecule has 5 nitrogen and oxygen atoms in total. The van der Waals surface area contributed by atoms with E-state index in [1.54, 1.807) is 17.0 Å². The van der Waals surface area contributed by atoms with Gasteiger partial charge in [0.2, 0.25) is 0 Å². The number of phenolic OH excluding ortho intramolecular Hbond substituents is 1. The van der Waals surface area contributed by atoms with Crippen molar-refractivity contribution in [1.29, 1.82) is 0 Å². The van der Waals surface area contributed by atoms with E-state index in [9.17, 15) is 19.8 Å². The van der Waals surface area contributed by atoms with Crippen LogP contribution in [0.5, 0.6) is 5.75 Å². The number of rotatable bonds is 4. The average molecular weight is 305 g/mol. The largest absolute Gasteiger partial charge is 0.507 e. The van der Waals surface area contributed by atoms with Crippen LogP contribution in [-0.2, 0) is 4.79 Å². The summed E-state index contributed by atoms with van der Waals surface area (Å²) in [6.45, 7) is 4.55. The fourth-order valence-corrected chi connectivity index (χ4v) is 3.26. The summed E-state index contributed by atoms with van der Waals surface area (Å²) in [7, 11) is 0. The quantitative estimate of drug-likeness (QED) is 0.896. The van der Waals surface area contributed by atoms with E-state index in [1.165, 1.54) is 6.07 Å². The Morgan fingerprint density at radius 2 is 2.09 bits per heavy atom. The molecule has 1 aliphatic rings. The molecule has 22 heavy (non-hydrogen) atoms. The molecule has 2 rings (SSSR count). The van der Waals surface area contributed by atoms with Crippen molar-refractivity contribution in [1.82, 2.24) is 4.90 Å². The van der Waals surface area contributed by atoms with Gasteiger partial charge in [-0.25, -0.2) is 0 Å². The third-order valence-electron chi connectivity index (χ3n) is 4.43. The molecule has 2 N–H and O–H groups in total. The minimum atomic E-state index is -0.859. The number of hydrogen-bond donors (Lipinski definition) is 2. The topological polar surface area (TPSA) is 77.8 Å². The zero-order valence-corrected chi connectivity index (χ0v) is 13.1. The number of nitrogens with zero attached hydrogens (tertiary/aromatic N) is 1. The zero-order chi connectivity index (χ0) is 16.3. The number of piperidine rings is 1. The van der Waals surface area contributed by atoms with Crippen LogP contribution in [0, 0.1) is 12.3 Å². The molecule has 1 saturated heterocycles. The molecule has 0 bridgehead atoms. The Labute approximate surface area is 130 Å². The van der Waals surface area contributed by atoms with Crippen LogP contribution in [0.1, 0.15) is 48.5 Å². The number of carboxylic acid groups (broad SMARTS) is 1. The number of phenols is 1. The van der Waals surface area contributed by atoms with Gasteiger partial charge in [-0.3, -0.25) is 9.59 Å². The molecule has 5 heteroatoms. The van der Waals surface area contributed by atoms with Crippen LogP contribution in [-0.4, -0.2) is 40.1 Å². The lowest BCUT2D eigenvalue weighted by Crippen LogP contribution is -2.49. The van der Waals surface area contributed by atoms with Gasteiger partial charge in [-0.05, 0) is 38.3 Å². The monoisotopic (exact) mass is 305 g/mol. The van der Waals surface area contributed by atoms with Crippen LogP contribution in [0.15, 0.2) is 18.2 Å². The van der Waals surface area contributed by atoms with E-state index < -0.39 is 11.4 Å². The Bertz CT molecular complexity index is 580. The van der Waals surface area contributed by atoms with E-state index in [1.807, 2.05) is 13.8 Å². The van der Waals surface area contributed by atoms with Crippen molar-refractivity contribution in [2.24, 2.45) is 5.41 Å². The lowest BCUT2D eigenvalue weighted by molar-refractivity contribution is -0.152. The average Bonchev–Trinajstić information content (AvgIpc) is 2.49. The van der Waals surface area contributed by atoms with Crippen molar-refractivity contribution in [3.8, 4) is 5.75 Å². The van der Waals surface area contributed by atoms with Crippen LogP contribution < -0.4 is 0 Å². The van der Waals surface area contributed by atoms with Gasteiger partial charge in [0.15, 0.2) is 0 Å². The Balaban J connectivity index is 2.26. The summed E-state index contributed by atoms with van der Waals surface area (Å²) in [6, 6.07) is 4.89. The molecule has 1 amide bonds. The number of carbonyl (C=O) groups is 2. The van der Waals surface area contributed by atoms with Gasteiger partial charge in [0.1, 0.15) is 5.75 Å². The van der Waals surface area contributed by atoms with Gasteiger partial charge in [0.25, 0.3) is 5.91 Å². The van der Waals surface area contributed by atoms with Gasteiger partial charge in [-0.2, -0.15) is 0 Å². The van der Waals surface area contributed by atoms with Crippen molar-refractivity contribution in [3.05, 3.63) is 29.3 Å². The smallest absolute Gasteiger partial charge is 0.311 e. The second kappa shape index (κ2) is 6.38. The molecule has 0 radical (unpaired) electrons. The highest BCUT2D eigenvalue weighted by Gasteiger charge is 2.43. The van der Waals surface area contributed by atoms with Crippen LogP contribution in [0.3, 0.4) is 0 Å². The normalized spacial score (nSPS) is 21.6. The van der Waals surface area contributed by atoms with Crippen LogP contribution >= 0.6 is 0 Å². The molecule has 1 heterocycles. The van der Waals surface area contributed by atoms with E-state index in [4.69, 9.17) is 0 Å². The fraction of sp³-hybridized carbons (Fsp3) is 0.529. The molecule has 1 aliphatic heterocycles. The summed E-state index contributed by atoms with van der Waals surface area (Å²) in [4.78, 5) is 25.9. The van der Waals surface area contributed by atoms with Crippen molar-refractivity contribution >= 4 is 11.9 Å². The number of carbonyl (C=O) groups excluding carboxylic acids is 1. The summed E-state index contributed by atoms with van der Waals surface area (Å²) in [6.07, 6.45) is 2.60. The Kier molecular flexibility index (Phi) is 4.74. The second-order valence-corrected chi connectivity index (χ2v) is 6.19. The highest BCUT2D eigenvalue weighted by atomic mass is 16.4. The number of aliphatic carboxylic acids is 1. The van der Waals surface area contributed by atoms with Crippen molar-refractivity contribution in [3.63, 3.8) is 0 Å². The Morgan fingerprint density at radius 3 is 2.73 bits per heavy atom. The molecular formula is C17H23NO4. The summed E-state index contributed by atoms with van der Waals surface area (Å²) in [5.41, 5.74) is 0.274. The Hall–Kier alpha value is -2.04. The number of benzene rings is 1. The zero-order valence-electron chi connectivity index (χ0n) is 13.1. The van der Waals surface area contributed by atoms with E-state index >= 15 is 0 Å². The molecule has 1 fully saturated rings. The lowest BCUT2D eigenvalue weighted by Gasteiger charge is -2.40. The van der Waals surface area contributed by atoms with Crippen molar-refractivity contribution in [2.45, 2.75) is 39.5 Å². The second-order valence-electron chi connectivity index (χ2n) is 6.19. The standard InChI is InChI=1S/C17H23NO4/c1-3-7-17(16(21)22)8-4-9-18(11-17)15(20)13-10-12(2)5-6-14(13)19/h5-6,10,19H,3-4,7-9,11H2,1-2H3,(H,21,22)/t17-/m1/s1. The molecule has 0 aromatic heterocycles. The van der Waals surface area contributed by atoms with E-state index in [0.717, 1.165) is 12.0 Å². The summed E-state index contributed by atoms with van der Waals surface area (Å²) in [5.74, 6) is -1.18. The number of carboxylic acids is 1. The van der Waals surface area contributed by atoms with Gasteiger partial charge >= 0.3 is 5.97 Å². The first-order chi connectivity index (χ1) is 10.4. The molecule has 0 unspecified atom stereocenters. The third kappa shape index (κ3) is 3.08. The number of aryl methyl sites for hydroxylation is 1. The van der Waals surface area contributed by atoms with Crippen molar-refractivity contribution in [2.75, 3.05) is 13.1 Å². The SMILES string of the molecule is CCC[C@@]1(C(=O)O)CCCN(C(=O)c2cc(C)ccc2O)C1. The Morgan fingerprint density at radius 1 is 1.36 bits per heavy atom. The number of hydrogen-bond acceptors (Lipinski definition) is 3.